The summed E-state index contributed by atoms with van der Waals surface area (Å²) in [4.78, 5) is 27.3. The van der Waals surface area contributed by atoms with Gasteiger partial charge < -0.3 is 4.90 Å². The Bertz CT molecular complexity index is 1100. The van der Waals surface area contributed by atoms with Crippen LogP contribution in [0.5, 0.6) is 0 Å². The highest BCUT2D eigenvalue weighted by Crippen LogP contribution is 2.34. The number of likely N-dealkylation sites (tertiary alicyclic amines) is 1. The van der Waals surface area contributed by atoms with Gasteiger partial charge in [0.1, 0.15) is 5.82 Å². The summed E-state index contributed by atoms with van der Waals surface area (Å²) in [6.45, 7) is 1.92. The van der Waals surface area contributed by atoms with Gasteiger partial charge in [-0.25, -0.2) is 9.48 Å². The largest absolute Gasteiger partial charge is 0.345 e. The molecule has 30 heavy (non-hydrogen) atoms. The van der Waals surface area contributed by atoms with Crippen molar-refractivity contribution in [2.75, 3.05) is 13.1 Å². The molecule has 2 aromatic heterocycles. The number of rotatable bonds is 3. The number of H-pyrrole nitrogens is 1. The molecule has 0 bridgehead atoms. The SMILES string of the molecule is Cn1nc2n(c1=O)C[C@@H](C(=O)N1CCC(c3[nH]ncc3-c3ccccc3)CC1)CC2. The van der Waals surface area contributed by atoms with E-state index in [1.165, 1.54) is 10.2 Å². The quantitative estimate of drug-likeness (QED) is 0.720. The van der Waals surface area contributed by atoms with Gasteiger partial charge in [0.15, 0.2) is 0 Å². The van der Waals surface area contributed by atoms with Gasteiger partial charge in [-0.2, -0.15) is 10.2 Å². The molecule has 8 nitrogen and oxygen atoms in total. The third-order valence-corrected chi connectivity index (χ3v) is 6.52. The van der Waals surface area contributed by atoms with E-state index in [9.17, 15) is 9.59 Å². The van der Waals surface area contributed by atoms with Crippen molar-refractivity contribution in [2.24, 2.45) is 13.0 Å². The van der Waals surface area contributed by atoms with Crippen molar-refractivity contribution in [1.29, 1.82) is 0 Å². The molecule has 1 saturated heterocycles. The summed E-state index contributed by atoms with van der Waals surface area (Å²) in [5.74, 6) is 1.19. The highest BCUT2D eigenvalue weighted by atomic mass is 16.2. The molecule has 4 heterocycles. The van der Waals surface area contributed by atoms with Crippen molar-refractivity contribution in [3.63, 3.8) is 0 Å². The number of hydrogen-bond donors (Lipinski definition) is 1. The summed E-state index contributed by atoms with van der Waals surface area (Å²) >= 11 is 0. The maximum absolute atomic E-state index is 13.1. The Hall–Kier alpha value is -3.16. The molecule has 0 aliphatic carbocycles. The molecule has 8 heteroatoms. The molecule has 156 valence electrons. The average molecular weight is 406 g/mol. The van der Waals surface area contributed by atoms with E-state index in [0.717, 1.165) is 49.4 Å². The van der Waals surface area contributed by atoms with Gasteiger partial charge >= 0.3 is 5.69 Å². The van der Waals surface area contributed by atoms with Gasteiger partial charge in [0.05, 0.1) is 12.1 Å². The Morgan fingerprint density at radius 1 is 1.13 bits per heavy atom. The van der Waals surface area contributed by atoms with Crippen molar-refractivity contribution in [3.8, 4) is 11.1 Å². The van der Waals surface area contributed by atoms with Gasteiger partial charge in [0.25, 0.3) is 0 Å². The first kappa shape index (κ1) is 18.8. The first-order valence-electron chi connectivity index (χ1n) is 10.6. The number of benzene rings is 1. The second-order valence-corrected chi connectivity index (χ2v) is 8.33. The molecule has 1 N–H and O–H groups in total. The van der Waals surface area contributed by atoms with Crippen molar-refractivity contribution in [3.05, 3.63) is 58.5 Å². The zero-order chi connectivity index (χ0) is 20.7. The Morgan fingerprint density at radius 3 is 2.67 bits per heavy atom. The molecule has 1 fully saturated rings. The Balaban J connectivity index is 1.25. The van der Waals surface area contributed by atoms with E-state index in [4.69, 9.17) is 0 Å². The second kappa shape index (κ2) is 7.59. The molecular weight excluding hydrogens is 380 g/mol. The van der Waals surface area contributed by atoms with Gasteiger partial charge in [-0.05, 0) is 24.8 Å². The number of nitrogens with zero attached hydrogens (tertiary/aromatic N) is 5. The highest BCUT2D eigenvalue weighted by Gasteiger charge is 2.33. The van der Waals surface area contributed by atoms with Crippen LogP contribution in [0.2, 0.25) is 0 Å². The topological polar surface area (TPSA) is 88.8 Å². The zero-order valence-electron chi connectivity index (χ0n) is 17.1. The molecule has 1 amide bonds. The molecule has 0 unspecified atom stereocenters. The molecule has 2 aliphatic rings. The fraction of sp³-hybridized carbons (Fsp3) is 0.455. The number of aromatic amines is 1. The number of carbonyl (C=O) groups excluding carboxylic acids is 1. The molecule has 1 atom stereocenters. The maximum atomic E-state index is 13.1. The smallest absolute Gasteiger partial charge is 0.342 e. The standard InChI is InChI=1S/C22H26N6O2/c1-26-22(30)28-14-17(7-8-19(28)25-26)21(29)27-11-9-16(10-12-27)20-18(13-23-24-20)15-5-3-2-4-6-15/h2-6,13,16-17H,7-12,14H2,1H3,(H,23,24)/t17-/m0/s1. The van der Waals surface area contributed by atoms with E-state index in [-0.39, 0.29) is 17.5 Å². The number of aromatic nitrogens is 5. The van der Waals surface area contributed by atoms with Crippen LogP contribution in [-0.4, -0.2) is 48.4 Å². The maximum Gasteiger partial charge on any atom is 0.345 e. The summed E-state index contributed by atoms with van der Waals surface area (Å²) in [6.07, 6.45) is 5.16. The summed E-state index contributed by atoms with van der Waals surface area (Å²) in [6, 6.07) is 10.3. The van der Waals surface area contributed by atoms with Gasteiger partial charge in [-0.1, -0.05) is 30.3 Å². The molecule has 3 aromatic rings. The Kier molecular flexibility index (Phi) is 4.77. The summed E-state index contributed by atoms with van der Waals surface area (Å²) in [7, 11) is 1.66. The minimum absolute atomic E-state index is 0.131. The predicted octanol–water partition coefficient (Wildman–Crippen LogP) is 1.94. The van der Waals surface area contributed by atoms with Crippen molar-refractivity contribution < 1.29 is 4.79 Å². The predicted molar refractivity (Wildman–Crippen MR) is 112 cm³/mol. The normalized spacial score (nSPS) is 19.6. The van der Waals surface area contributed by atoms with Gasteiger partial charge in [-0.15, -0.1) is 0 Å². The van der Waals surface area contributed by atoms with Crippen LogP contribution in [0.15, 0.2) is 41.3 Å². The molecular formula is C22H26N6O2. The lowest BCUT2D eigenvalue weighted by molar-refractivity contribution is -0.137. The third-order valence-electron chi connectivity index (χ3n) is 6.52. The number of aryl methyl sites for hydroxylation is 2. The fourth-order valence-corrected chi connectivity index (χ4v) is 4.84. The number of fused-ring (bicyclic) bond motifs is 1. The molecule has 0 spiro atoms. The molecule has 1 aromatic carbocycles. The van der Waals surface area contributed by atoms with Crippen LogP contribution in [0.4, 0.5) is 0 Å². The van der Waals surface area contributed by atoms with Crippen LogP contribution in [0.1, 0.15) is 36.7 Å². The Morgan fingerprint density at radius 2 is 1.90 bits per heavy atom. The first-order chi connectivity index (χ1) is 14.6. The number of nitrogens with one attached hydrogen (secondary N) is 1. The number of piperidine rings is 1. The lowest BCUT2D eigenvalue weighted by Crippen LogP contribution is -2.44. The van der Waals surface area contributed by atoms with E-state index in [0.29, 0.717) is 18.9 Å². The van der Waals surface area contributed by atoms with Gasteiger partial charge in [0.2, 0.25) is 5.91 Å². The second-order valence-electron chi connectivity index (χ2n) is 8.33. The number of amides is 1. The lowest BCUT2D eigenvalue weighted by atomic mass is 9.88. The summed E-state index contributed by atoms with van der Waals surface area (Å²) < 4.78 is 3.03. The summed E-state index contributed by atoms with van der Waals surface area (Å²) in [5, 5.41) is 11.7. The molecule has 5 rings (SSSR count). The van der Waals surface area contributed by atoms with Crippen LogP contribution in [0.3, 0.4) is 0 Å². The van der Waals surface area contributed by atoms with Gasteiger partial charge in [-0.3, -0.25) is 14.5 Å². The average Bonchev–Trinajstić information content (AvgIpc) is 3.39. The molecule has 0 radical (unpaired) electrons. The number of hydrogen-bond acceptors (Lipinski definition) is 4. The van der Waals surface area contributed by atoms with Crippen LogP contribution in [-0.2, 0) is 24.8 Å². The summed E-state index contributed by atoms with van der Waals surface area (Å²) in [5.41, 5.74) is 3.35. The fourth-order valence-electron chi connectivity index (χ4n) is 4.84. The third kappa shape index (κ3) is 3.26. The molecule has 2 aliphatic heterocycles. The monoisotopic (exact) mass is 406 g/mol. The van der Waals surface area contributed by atoms with E-state index < -0.39 is 0 Å². The van der Waals surface area contributed by atoms with E-state index in [1.807, 2.05) is 29.3 Å². The lowest BCUT2D eigenvalue weighted by Gasteiger charge is -2.35. The minimum atomic E-state index is -0.136. The van der Waals surface area contributed by atoms with Crippen molar-refractivity contribution in [2.45, 2.75) is 38.1 Å². The highest BCUT2D eigenvalue weighted by molar-refractivity contribution is 5.79. The van der Waals surface area contributed by atoms with Crippen LogP contribution in [0, 0.1) is 5.92 Å². The van der Waals surface area contributed by atoms with Crippen LogP contribution < -0.4 is 5.69 Å². The van der Waals surface area contributed by atoms with E-state index >= 15 is 0 Å². The van der Waals surface area contributed by atoms with Crippen LogP contribution >= 0.6 is 0 Å². The zero-order valence-corrected chi connectivity index (χ0v) is 17.1. The first-order valence-corrected chi connectivity index (χ1v) is 10.6. The van der Waals surface area contributed by atoms with E-state index in [2.05, 4.69) is 27.4 Å². The van der Waals surface area contributed by atoms with E-state index in [1.54, 1.807) is 11.6 Å². The minimum Gasteiger partial charge on any atom is -0.342 e. The number of carbonyl (C=O) groups is 1. The van der Waals surface area contributed by atoms with Crippen molar-refractivity contribution >= 4 is 5.91 Å². The Labute approximate surface area is 174 Å². The van der Waals surface area contributed by atoms with Crippen molar-refractivity contribution in [1.82, 2.24) is 29.4 Å². The molecule has 0 saturated carbocycles. The van der Waals surface area contributed by atoms with Crippen LogP contribution in [0.25, 0.3) is 11.1 Å². The van der Waals surface area contributed by atoms with Gasteiger partial charge in [0, 0.05) is 50.3 Å².